The van der Waals surface area contributed by atoms with Crippen LogP contribution in [-0.2, 0) is 19.1 Å². The molecule has 0 bridgehead atoms. The molecule has 0 aliphatic carbocycles. The van der Waals surface area contributed by atoms with Gasteiger partial charge in [0.15, 0.2) is 0 Å². The lowest BCUT2D eigenvalue weighted by molar-refractivity contribution is -0.138. The highest BCUT2D eigenvalue weighted by atomic mass is 79.9. The van der Waals surface area contributed by atoms with Gasteiger partial charge in [-0.25, -0.2) is 0 Å². The lowest BCUT2D eigenvalue weighted by Crippen LogP contribution is -2.08. The Bertz CT molecular complexity index is 623. The molecule has 0 radical (unpaired) electrons. The second kappa shape index (κ2) is 6.52. The van der Waals surface area contributed by atoms with Crippen LogP contribution in [0.5, 0.6) is 0 Å². The number of hydrogen-bond acceptors (Lipinski definition) is 1. The van der Waals surface area contributed by atoms with E-state index in [4.69, 9.17) is 0 Å². The smallest absolute Gasteiger partial charge is 0.381 e. The maximum absolute atomic E-state index is 12.9. The van der Waals surface area contributed by atoms with Crippen LogP contribution in [0.15, 0.2) is 46.9 Å². The van der Waals surface area contributed by atoms with E-state index >= 15 is 0 Å². The van der Waals surface area contributed by atoms with Crippen molar-refractivity contribution >= 4 is 21.6 Å². The van der Waals surface area contributed by atoms with Crippen molar-refractivity contribution in [1.82, 2.24) is 0 Å². The van der Waals surface area contributed by atoms with E-state index in [1.165, 1.54) is 11.6 Å². The minimum absolute atomic E-state index is 0.0505. The van der Waals surface area contributed by atoms with Gasteiger partial charge in [0.05, 0.1) is 5.56 Å². The fourth-order valence-electron chi connectivity index (χ4n) is 2.12. The van der Waals surface area contributed by atoms with Gasteiger partial charge >= 0.3 is 6.18 Å². The van der Waals surface area contributed by atoms with E-state index in [0.29, 0.717) is 12.2 Å². The van der Waals surface area contributed by atoms with E-state index in [1.54, 1.807) is 6.07 Å². The number of rotatable bonds is 4. The second-order valence-corrected chi connectivity index (χ2v) is 5.52. The van der Waals surface area contributed by atoms with Gasteiger partial charge in [0, 0.05) is 16.7 Å². The molecule has 21 heavy (non-hydrogen) atoms. The normalized spacial score (nSPS) is 11.5. The molecule has 0 fully saturated rings. The zero-order chi connectivity index (χ0) is 15.5. The Hall–Kier alpha value is -1.49. The molecule has 0 amide bonds. The van der Waals surface area contributed by atoms with E-state index < -0.39 is 11.7 Å². The largest absolute Gasteiger partial charge is 0.417 e. The molecule has 1 nitrogen and oxygen atoms in total. The first-order valence-corrected chi connectivity index (χ1v) is 7.38. The van der Waals surface area contributed by atoms with Crippen molar-refractivity contribution in [2.24, 2.45) is 0 Å². The van der Waals surface area contributed by atoms with Crippen LogP contribution < -0.4 is 5.32 Å². The molecule has 0 spiro atoms. The lowest BCUT2D eigenvalue weighted by atomic mass is 10.1. The second-order valence-electron chi connectivity index (χ2n) is 4.67. The summed E-state index contributed by atoms with van der Waals surface area (Å²) in [6.45, 7) is 2.56. The Kier molecular flexibility index (Phi) is 4.93. The molecular weight excluding hydrogens is 343 g/mol. The van der Waals surface area contributed by atoms with Crippen LogP contribution in [0.4, 0.5) is 18.9 Å². The number of halogens is 4. The minimum Gasteiger partial charge on any atom is -0.381 e. The van der Waals surface area contributed by atoms with Crippen molar-refractivity contribution < 1.29 is 13.2 Å². The predicted octanol–water partition coefficient (Wildman–Crippen LogP) is 5.64. The van der Waals surface area contributed by atoms with E-state index in [0.717, 1.165) is 18.1 Å². The molecule has 2 aromatic rings. The Morgan fingerprint density at radius 3 is 2.33 bits per heavy atom. The molecule has 2 aromatic carbocycles. The maximum Gasteiger partial charge on any atom is 0.417 e. The third kappa shape index (κ3) is 4.00. The van der Waals surface area contributed by atoms with E-state index in [9.17, 15) is 13.2 Å². The molecule has 0 saturated heterocycles. The van der Waals surface area contributed by atoms with Crippen LogP contribution in [0, 0.1) is 0 Å². The molecule has 0 aliphatic heterocycles. The molecule has 2 rings (SSSR count). The first-order chi connectivity index (χ1) is 9.91. The van der Waals surface area contributed by atoms with Gasteiger partial charge < -0.3 is 5.32 Å². The molecule has 0 atom stereocenters. The third-order valence-corrected chi connectivity index (χ3v) is 3.95. The summed E-state index contributed by atoms with van der Waals surface area (Å²) in [6.07, 6.45) is -3.47. The first-order valence-electron chi connectivity index (χ1n) is 6.59. The number of hydrogen-bond donors (Lipinski definition) is 1. The predicted molar refractivity (Wildman–Crippen MR) is 82.3 cm³/mol. The number of anilines is 1. The number of alkyl halides is 3. The summed E-state index contributed by atoms with van der Waals surface area (Å²) in [4.78, 5) is 0. The first kappa shape index (κ1) is 15.9. The Balaban J connectivity index is 2.17. The Morgan fingerprint density at radius 1 is 1.05 bits per heavy atom. The van der Waals surface area contributed by atoms with Crippen molar-refractivity contribution in [3.8, 4) is 0 Å². The number of aryl methyl sites for hydroxylation is 1. The highest BCUT2D eigenvalue weighted by Crippen LogP contribution is 2.36. The molecule has 1 N–H and O–H groups in total. The lowest BCUT2D eigenvalue weighted by Gasteiger charge is -2.14. The van der Waals surface area contributed by atoms with E-state index in [1.807, 2.05) is 24.3 Å². The minimum atomic E-state index is -4.36. The highest BCUT2D eigenvalue weighted by Gasteiger charge is 2.33. The van der Waals surface area contributed by atoms with Crippen LogP contribution in [0.1, 0.15) is 23.6 Å². The van der Waals surface area contributed by atoms with Crippen molar-refractivity contribution in [2.75, 3.05) is 5.32 Å². The van der Waals surface area contributed by atoms with E-state index in [2.05, 4.69) is 28.2 Å². The van der Waals surface area contributed by atoms with Crippen LogP contribution in [0.25, 0.3) is 0 Å². The molecule has 0 heterocycles. The van der Waals surface area contributed by atoms with Gasteiger partial charge in [-0.2, -0.15) is 13.2 Å². The van der Waals surface area contributed by atoms with Gasteiger partial charge in [-0.1, -0.05) is 47.1 Å². The third-order valence-electron chi connectivity index (χ3n) is 3.25. The Morgan fingerprint density at radius 2 is 1.71 bits per heavy atom. The van der Waals surface area contributed by atoms with Crippen molar-refractivity contribution in [2.45, 2.75) is 26.1 Å². The zero-order valence-electron chi connectivity index (χ0n) is 11.5. The van der Waals surface area contributed by atoms with Crippen molar-refractivity contribution in [1.29, 1.82) is 0 Å². The SMILES string of the molecule is CCc1ccccc1CNc1ccc(Br)c(C(F)(F)F)c1. The standard InChI is InChI=1S/C16H15BrF3N/c1-2-11-5-3-4-6-12(11)10-21-13-7-8-15(17)14(9-13)16(18,19)20/h3-9,21H,2,10H2,1H3. The quantitative estimate of drug-likeness (QED) is 0.746. The van der Waals surface area contributed by atoms with Crippen LogP contribution >= 0.6 is 15.9 Å². The van der Waals surface area contributed by atoms with Gasteiger partial charge in [-0.3, -0.25) is 0 Å². The van der Waals surface area contributed by atoms with Gasteiger partial charge in [0.25, 0.3) is 0 Å². The van der Waals surface area contributed by atoms with Crippen LogP contribution in [0.3, 0.4) is 0 Å². The van der Waals surface area contributed by atoms with Gasteiger partial charge in [-0.05, 0) is 35.7 Å². The zero-order valence-corrected chi connectivity index (χ0v) is 13.1. The van der Waals surface area contributed by atoms with Crippen molar-refractivity contribution in [3.63, 3.8) is 0 Å². The fourth-order valence-corrected chi connectivity index (χ4v) is 2.60. The van der Waals surface area contributed by atoms with E-state index in [-0.39, 0.29) is 4.47 Å². The molecule has 0 aromatic heterocycles. The maximum atomic E-state index is 12.9. The summed E-state index contributed by atoms with van der Waals surface area (Å²) >= 11 is 2.94. The van der Waals surface area contributed by atoms with Crippen LogP contribution in [0.2, 0.25) is 0 Å². The number of benzene rings is 2. The topological polar surface area (TPSA) is 12.0 Å². The average molecular weight is 358 g/mol. The molecular formula is C16H15BrF3N. The summed E-state index contributed by atoms with van der Waals surface area (Å²) in [7, 11) is 0. The summed E-state index contributed by atoms with van der Waals surface area (Å²) in [5.41, 5.74) is 2.07. The van der Waals surface area contributed by atoms with Gasteiger partial charge in [0.1, 0.15) is 0 Å². The molecule has 112 valence electrons. The average Bonchev–Trinajstić information content (AvgIpc) is 2.45. The van der Waals surface area contributed by atoms with Crippen molar-refractivity contribution in [3.05, 3.63) is 63.6 Å². The molecule has 0 aliphatic rings. The fraction of sp³-hybridized carbons (Fsp3) is 0.250. The molecule has 5 heteroatoms. The van der Waals surface area contributed by atoms with Crippen LogP contribution in [-0.4, -0.2) is 0 Å². The summed E-state index contributed by atoms with van der Waals surface area (Å²) in [6, 6.07) is 12.1. The van der Waals surface area contributed by atoms with Gasteiger partial charge in [-0.15, -0.1) is 0 Å². The van der Waals surface area contributed by atoms with Gasteiger partial charge in [0.2, 0.25) is 0 Å². The summed E-state index contributed by atoms with van der Waals surface area (Å²) in [5, 5.41) is 3.05. The monoisotopic (exact) mass is 357 g/mol. The molecule has 0 unspecified atom stereocenters. The Labute approximate surface area is 130 Å². The highest BCUT2D eigenvalue weighted by molar-refractivity contribution is 9.10. The summed E-state index contributed by atoms with van der Waals surface area (Å²) < 4.78 is 38.6. The number of nitrogens with one attached hydrogen (secondary N) is 1. The molecule has 0 saturated carbocycles. The summed E-state index contributed by atoms with van der Waals surface area (Å²) in [5.74, 6) is 0.